The highest BCUT2D eigenvalue weighted by atomic mass is 16.5. The highest BCUT2D eigenvalue weighted by Crippen LogP contribution is 2.20. The van der Waals surface area contributed by atoms with Gasteiger partial charge in [-0.15, -0.1) is 0 Å². The van der Waals surface area contributed by atoms with E-state index >= 15 is 0 Å². The Morgan fingerprint density at radius 3 is 2.60 bits per heavy atom. The number of hydrogen-bond acceptors (Lipinski definition) is 3. The Morgan fingerprint density at radius 1 is 1.30 bits per heavy atom. The van der Waals surface area contributed by atoms with E-state index in [1.807, 2.05) is 45.2 Å². The summed E-state index contributed by atoms with van der Waals surface area (Å²) in [5.41, 5.74) is 3.16. The van der Waals surface area contributed by atoms with Gasteiger partial charge < -0.3 is 4.74 Å². The number of carbonyl (C=O) groups is 1. The second-order valence-corrected chi connectivity index (χ2v) is 4.61. The molecule has 4 heteroatoms. The Morgan fingerprint density at radius 2 is 2.00 bits per heavy atom. The molecule has 20 heavy (non-hydrogen) atoms. The summed E-state index contributed by atoms with van der Waals surface area (Å²) in [6.45, 7) is 3.74. The van der Waals surface area contributed by atoms with Crippen molar-refractivity contribution in [1.29, 1.82) is 0 Å². The molecule has 0 aliphatic rings. The Labute approximate surface area is 118 Å². The zero-order valence-electron chi connectivity index (χ0n) is 12.2. The first-order valence-corrected chi connectivity index (χ1v) is 6.40. The zero-order chi connectivity index (χ0) is 14.7. The van der Waals surface area contributed by atoms with Crippen LogP contribution < -0.4 is 4.74 Å². The van der Waals surface area contributed by atoms with E-state index in [0.29, 0.717) is 5.56 Å². The Bertz CT molecular complexity index is 669. The Hall–Kier alpha value is -2.36. The fourth-order valence-electron chi connectivity index (χ4n) is 2.18. The number of hydrogen-bond donors (Lipinski definition) is 0. The molecule has 2 rings (SSSR count). The molecule has 0 N–H and O–H groups in total. The van der Waals surface area contributed by atoms with Gasteiger partial charge >= 0.3 is 0 Å². The maximum atomic E-state index is 12.3. The summed E-state index contributed by atoms with van der Waals surface area (Å²) in [5.74, 6) is 0.704. The van der Waals surface area contributed by atoms with E-state index in [-0.39, 0.29) is 5.78 Å². The second kappa shape index (κ2) is 5.74. The van der Waals surface area contributed by atoms with Crippen molar-refractivity contribution < 1.29 is 9.53 Å². The summed E-state index contributed by atoms with van der Waals surface area (Å²) in [6.07, 6.45) is 3.34. The third-order valence-corrected chi connectivity index (χ3v) is 3.31. The average molecular weight is 270 g/mol. The minimum atomic E-state index is -0.0426. The molecule has 0 aliphatic heterocycles. The minimum absolute atomic E-state index is 0.0426. The molecule has 0 unspecified atom stereocenters. The lowest BCUT2D eigenvalue weighted by atomic mass is 10.1. The Balaban J connectivity index is 2.29. The summed E-state index contributed by atoms with van der Waals surface area (Å²) >= 11 is 0. The van der Waals surface area contributed by atoms with Crippen LogP contribution >= 0.6 is 0 Å². The van der Waals surface area contributed by atoms with Gasteiger partial charge in [0.15, 0.2) is 5.78 Å². The molecule has 0 saturated heterocycles. The van der Waals surface area contributed by atoms with Crippen molar-refractivity contribution >= 4 is 11.9 Å². The average Bonchev–Trinajstić information content (AvgIpc) is 2.70. The van der Waals surface area contributed by atoms with Gasteiger partial charge in [-0.3, -0.25) is 9.48 Å². The number of ether oxygens (including phenoxy) is 1. The lowest BCUT2D eigenvalue weighted by molar-refractivity contribution is 0.104. The summed E-state index contributed by atoms with van der Waals surface area (Å²) in [4.78, 5) is 12.3. The SMILES string of the molecule is COc1ccccc1C=CC(=O)c1c(C)nn(C)c1C. The molecule has 1 aromatic carbocycles. The van der Waals surface area contributed by atoms with E-state index in [9.17, 15) is 4.79 Å². The number of rotatable bonds is 4. The fourth-order valence-corrected chi connectivity index (χ4v) is 2.18. The number of carbonyl (C=O) groups excluding carboxylic acids is 1. The van der Waals surface area contributed by atoms with Crippen LogP contribution in [0.1, 0.15) is 27.3 Å². The highest BCUT2D eigenvalue weighted by molar-refractivity contribution is 6.08. The number of aromatic nitrogens is 2. The van der Waals surface area contributed by atoms with Crippen LogP contribution in [-0.4, -0.2) is 22.7 Å². The number of methoxy groups -OCH3 is 1. The third kappa shape index (κ3) is 2.64. The smallest absolute Gasteiger partial charge is 0.189 e. The van der Waals surface area contributed by atoms with E-state index < -0.39 is 0 Å². The van der Waals surface area contributed by atoms with Crippen LogP contribution in [0, 0.1) is 13.8 Å². The number of allylic oxidation sites excluding steroid dienone is 1. The van der Waals surface area contributed by atoms with Crippen molar-refractivity contribution in [3.05, 3.63) is 52.9 Å². The number of aryl methyl sites for hydroxylation is 2. The molecule has 0 aliphatic carbocycles. The molecule has 1 aromatic heterocycles. The fraction of sp³-hybridized carbons (Fsp3) is 0.250. The molecule has 0 saturated carbocycles. The summed E-state index contributed by atoms with van der Waals surface area (Å²) in [6, 6.07) is 7.58. The predicted octanol–water partition coefficient (Wildman–Crippen LogP) is 2.94. The van der Waals surface area contributed by atoms with Gasteiger partial charge in [-0.25, -0.2) is 0 Å². The standard InChI is InChI=1S/C16H18N2O2/c1-11-16(12(2)18(3)17-11)14(19)10-9-13-7-5-6-8-15(13)20-4/h5-10H,1-4H3. The van der Waals surface area contributed by atoms with Crippen LogP contribution in [0.25, 0.3) is 6.08 Å². The van der Waals surface area contributed by atoms with Crippen LogP contribution in [0.15, 0.2) is 30.3 Å². The quantitative estimate of drug-likeness (QED) is 0.633. The molecule has 1 heterocycles. The summed E-state index contributed by atoms with van der Waals surface area (Å²) in [7, 11) is 3.45. The molecule has 0 spiro atoms. The second-order valence-electron chi connectivity index (χ2n) is 4.61. The maximum Gasteiger partial charge on any atom is 0.189 e. The summed E-state index contributed by atoms with van der Waals surface area (Å²) in [5, 5.41) is 4.26. The first-order valence-electron chi connectivity index (χ1n) is 6.40. The van der Waals surface area contributed by atoms with Crippen LogP contribution in [0.5, 0.6) is 5.75 Å². The lowest BCUT2D eigenvalue weighted by Crippen LogP contribution is -1.99. The van der Waals surface area contributed by atoms with E-state index in [1.165, 1.54) is 0 Å². The lowest BCUT2D eigenvalue weighted by Gasteiger charge is -2.03. The van der Waals surface area contributed by atoms with E-state index in [2.05, 4.69) is 5.10 Å². The van der Waals surface area contributed by atoms with Crippen LogP contribution in [-0.2, 0) is 7.05 Å². The van der Waals surface area contributed by atoms with Crippen molar-refractivity contribution in [2.45, 2.75) is 13.8 Å². The third-order valence-electron chi connectivity index (χ3n) is 3.31. The van der Waals surface area contributed by atoms with Gasteiger partial charge in [-0.1, -0.05) is 18.2 Å². The van der Waals surface area contributed by atoms with Crippen molar-refractivity contribution in [2.75, 3.05) is 7.11 Å². The molecule has 0 bridgehead atoms. The number of para-hydroxylation sites is 1. The molecule has 4 nitrogen and oxygen atoms in total. The van der Waals surface area contributed by atoms with Gasteiger partial charge in [0.2, 0.25) is 0 Å². The van der Waals surface area contributed by atoms with Gasteiger partial charge in [0, 0.05) is 18.3 Å². The molecule has 104 valence electrons. The molecule has 0 fully saturated rings. The van der Waals surface area contributed by atoms with Crippen molar-refractivity contribution in [3.63, 3.8) is 0 Å². The van der Waals surface area contributed by atoms with Gasteiger partial charge in [0.1, 0.15) is 5.75 Å². The predicted molar refractivity (Wildman–Crippen MR) is 79.0 cm³/mol. The minimum Gasteiger partial charge on any atom is -0.496 e. The summed E-state index contributed by atoms with van der Waals surface area (Å²) < 4.78 is 6.98. The van der Waals surface area contributed by atoms with Gasteiger partial charge in [-0.05, 0) is 32.1 Å². The van der Waals surface area contributed by atoms with E-state index in [0.717, 1.165) is 22.7 Å². The van der Waals surface area contributed by atoms with Crippen molar-refractivity contribution in [2.24, 2.45) is 7.05 Å². The topological polar surface area (TPSA) is 44.1 Å². The van der Waals surface area contributed by atoms with Crippen LogP contribution in [0.3, 0.4) is 0 Å². The molecular formula is C16H18N2O2. The van der Waals surface area contributed by atoms with E-state index in [1.54, 1.807) is 23.9 Å². The Kier molecular flexibility index (Phi) is 4.03. The molecule has 0 radical (unpaired) electrons. The molecule has 0 atom stereocenters. The van der Waals surface area contributed by atoms with Gasteiger partial charge in [0.25, 0.3) is 0 Å². The number of nitrogens with zero attached hydrogens (tertiary/aromatic N) is 2. The maximum absolute atomic E-state index is 12.3. The molecule has 2 aromatic rings. The first kappa shape index (κ1) is 14.1. The first-order chi connectivity index (χ1) is 9.54. The van der Waals surface area contributed by atoms with Crippen LogP contribution in [0.2, 0.25) is 0 Å². The van der Waals surface area contributed by atoms with Crippen molar-refractivity contribution in [3.8, 4) is 5.75 Å². The highest BCUT2D eigenvalue weighted by Gasteiger charge is 2.14. The monoisotopic (exact) mass is 270 g/mol. The zero-order valence-corrected chi connectivity index (χ0v) is 12.2. The van der Waals surface area contributed by atoms with Crippen LogP contribution in [0.4, 0.5) is 0 Å². The normalized spacial score (nSPS) is 11.0. The van der Waals surface area contributed by atoms with E-state index in [4.69, 9.17) is 4.74 Å². The number of ketones is 1. The molecular weight excluding hydrogens is 252 g/mol. The van der Waals surface area contributed by atoms with Crippen molar-refractivity contribution in [1.82, 2.24) is 9.78 Å². The van der Waals surface area contributed by atoms with Gasteiger partial charge in [-0.2, -0.15) is 5.10 Å². The van der Waals surface area contributed by atoms with Gasteiger partial charge in [0.05, 0.1) is 18.4 Å². The molecule has 0 amide bonds. The number of benzene rings is 1. The largest absolute Gasteiger partial charge is 0.496 e.